The molecule has 0 saturated carbocycles. The summed E-state index contributed by atoms with van der Waals surface area (Å²) in [6.45, 7) is 4.41. The fourth-order valence-electron chi connectivity index (χ4n) is 3.09. The normalized spacial score (nSPS) is 20.3. The van der Waals surface area contributed by atoms with Crippen molar-refractivity contribution in [2.24, 2.45) is 0 Å². The van der Waals surface area contributed by atoms with Gasteiger partial charge in [-0.05, 0) is 58.0 Å². The maximum Gasteiger partial charge on any atom is 0.0482 e. The molecule has 1 aliphatic carbocycles. The van der Waals surface area contributed by atoms with Gasteiger partial charge >= 0.3 is 0 Å². The molecule has 0 fully saturated rings. The number of rotatable bonds is 6. The third-order valence-electron chi connectivity index (χ3n) is 3.94. The van der Waals surface area contributed by atoms with E-state index in [0.29, 0.717) is 12.0 Å². The molecule has 0 spiro atoms. The van der Waals surface area contributed by atoms with E-state index in [1.54, 1.807) is 0 Å². The number of fused-ring (bicyclic) bond motifs is 1. The number of pyridine rings is 1. The van der Waals surface area contributed by atoms with Crippen LogP contribution >= 0.6 is 0 Å². The van der Waals surface area contributed by atoms with Crippen LogP contribution in [0.3, 0.4) is 0 Å². The number of aromatic nitrogens is 1. The van der Waals surface area contributed by atoms with Crippen molar-refractivity contribution in [1.82, 2.24) is 15.2 Å². The highest BCUT2D eigenvalue weighted by atomic mass is 15.1. The van der Waals surface area contributed by atoms with Crippen LogP contribution in [0.4, 0.5) is 0 Å². The Bertz CT molecular complexity index is 389. The number of hydrogen-bond acceptors (Lipinski definition) is 3. The first-order valence-electron chi connectivity index (χ1n) is 7.54. The third kappa shape index (κ3) is 3.77. The van der Waals surface area contributed by atoms with Crippen LogP contribution in [0.5, 0.6) is 0 Å². The Morgan fingerprint density at radius 3 is 3.05 bits per heavy atom. The quantitative estimate of drug-likeness (QED) is 0.852. The molecule has 0 amide bonds. The first kappa shape index (κ1) is 14.5. The molecule has 19 heavy (non-hydrogen) atoms. The second kappa shape index (κ2) is 7.01. The Hall–Kier alpha value is -0.930. The summed E-state index contributed by atoms with van der Waals surface area (Å²) in [6.07, 6.45) is 6.89. The summed E-state index contributed by atoms with van der Waals surface area (Å²) >= 11 is 0. The lowest BCUT2D eigenvalue weighted by atomic mass is 9.81. The SMILES string of the molecule is CCCNC(CN(C)C)C1CCCc2cccnc21. The van der Waals surface area contributed by atoms with Gasteiger partial charge in [0.05, 0.1) is 0 Å². The molecule has 1 aromatic heterocycles. The third-order valence-corrected chi connectivity index (χ3v) is 3.94. The molecule has 0 saturated heterocycles. The summed E-state index contributed by atoms with van der Waals surface area (Å²) in [5.41, 5.74) is 2.80. The van der Waals surface area contributed by atoms with Gasteiger partial charge in [-0.15, -0.1) is 0 Å². The number of nitrogens with one attached hydrogen (secondary N) is 1. The van der Waals surface area contributed by atoms with Gasteiger partial charge < -0.3 is 10.2 Å². The van der Waals surface area contributed by atoms with Gasteiger partial charge in [0.25, 0.3) is 0 Å². The molecule has 2 atom stereocenters. The smallest absolute Gasteiger partial charge is 0.0482 e. The Kier molecular flexibility index (Phi) is 5.34. The van der Waals surface area contributed by atoms with Crippen molar-refractivity contribution >= 4 is 0 Å². The maximum absolute atomic E-state index is 4.68. The minimum atomic E-state index is 0.518. The summed E-state index contributed by atoms with van der Waals surface area (Å²) in [5.74, 6) is 0.568. The average Bonchev–Trinajstić information content (AvgIpc) is 2.42. The second-order valence-electron chi connectivity index (χ2n) is 5.87. The fourth-order valence-corrected chi connectivity index (χ4v) is 3.09. The molecule has 2 rings (SSSR count). The summed E-state index contributed by atoms with van der Waals surface area (Å²) in [6, 6.07) is 4.84. The van der Waals surface area contributed by atoms with Gasteiger partial charge in [0, 0.05) is 30.4 Å². The Morgan fingerprint density at radius 2 is 2.32 bits per heavy atom. The van der Waals surface area contributed by atoms with Gasteiger partial charge in [-0.1, -0.05) is 13.0 Å². The minimum Gasteiger partial charge on any atom is -0.312 e. The Labute approximate surface area is 117 Å². The van der Waals surface area contributed by atoms with Crippen molar-refractivity contribution in [1.29, 1.82) is 0 Å². The van der Waals surface area contributed by atoms with Gasteiger partial charge in [0.15, 0.2) is 0 Å². The highest BCUT2D eigenvalue weighted by molar-refractivity contribution is 5.27. The van der Waals surface area contributed by atoms with Crippen molar-refractivity contribution in [3.63, 3.8) is 0 Å². The highest BCUT2D eigenvalue weighted by Crippen LogP contribution is 2.32. The predicted octanol–water partition coefficient (Wildman–Crippen LogP) is 2.43. The first-order valence-corrected chi connectivity index (χ1v) is 7.54. The molecule has 2 unspecified atom stereocenters. The lowest BCUT2D eigenvalue weighted by molar-refractivity contribution is 0.289. The highest BCUT2D eigenvalue weighted by Gasteiger charge is 2.28. The summed E-state index contributed by atoms with van der Waals surface area (Å²) < 4.78 is 0. The van der Waals surface area contributed by atoms with Crippen LogP contribution in [-0.4, -0.2) is 43.1 Å². The van der Waals surface area contributed by atoms with E-state index in [1.807, 2.05) is 6.20 Å². The van der Waals surface area contributed by atoms with Crippen molar-refractivity contribution in [3.8, 4) is 0 Å². The molecule has 0 aliphatic heterocycles. The van der Waals surface area contributed by atoms with E-state index in [4.69, 9.17) is 0 Å². The Morgan fingerprint density at radius 1 is 1.47 bits per heavy atom. The van der Waals surface area contributed by atoms with Crippen molar-refractivity contribution in [2.75, 3.05) is 27.2 Å². The zero-order valence-electron chi connectivity index (χ0n) is 12.5. The second-order valence-corrected chi connectivity index (χ2v) is 5.87. The van der Waals surface area contributed by atoms with E-state index < -0.39 is 0 Å². The molecule has 1 aromatic rings. The van der Waals surface area contributed by atoms with Crippen LogP contribution < -0.4 is 5.32 Å². The molecule has 0 radical (unpaired) electrons. The van der Waals surface area contributed by atoms with Crippen LogP contribution in [0, 0.1) is 0 Å². The topological polar surface area (TPSA) is 28.2 Å². The van der Waals surface area contributed by atoms with Crippen LogP contribution in [0.25, 0.3) is 0 Å². The zero-order valence-corrected chi connectivity index (χ0v) is 12.5. The largest absolute Gasteiger partial charge is 0.312 e. The molecule has 106 valence electrons. The molecule has 1 N–H and O–H groups in total. The number of hydrogen-bond donors (Lipinski definition) is 1. The van der Waals surface area contributed by atoms with Gasteiger partial charge in [0.1, 0.15) is 0 Å². The van der Waals surface area contributed by atoms with E-state index >= 15 is 0 Å². The van der Waals surface area contributed by atoms with Crippen molar-refractivity contribution in [2.45, 2.75) is 44.6 Å². The van der Waals surface area contributed by atoms with Crippen molar-refractivity contribution < 1.29 is 0 Å². The minimum absolute atomic E-state index is 0.518. The number of aryl methyl sites for hydroxylation is 1. The number of likely N-dealkylation sites (N-methyl/N-ethyl adjacent to an activating group) is 1. The summed E-state index contributed by atoms with van der Waals surface area (Å²) in [7, 11) is 4.31. The number of nitrogens with zero attached hydrogens (tertiary/aromatic N) is 2. The van der Waals surface area contributed by atoms with Crippen LogP contribution in [0.2, 0.25) is 0 Å². The zero-order chi connectivity index (χ0) is 13.7. The molecular formula is C16H27N3. The van der Waals surface area contributed by atoms with Crippen LogP contribution in [0.15, 0.2) is 18.3 Å². The summed E-state index contributed by atoms with van der Waals surface area (Å²) in [5, 5.41) is 3.73. The van der Waals surface area contributed by atoms with Gasteiger partial charge in [-0.2, -0.15) is 0 Å². The summed E-state index contributed by atoms with van der Waals surface area (Å²) in [4.78, 5) is 6.96. The maximum atomic E-state index is 4.68. The average molecular weight is 261 g/mol. The molecular weight excluding hydrogens is 234 g/mol. The van der Waals surface area contributed by atoms with E-state index in [-0.39, 0.29) is 0 Å². The molecule has 1 aliphatic rings. The fraction of sp³-hybridized carbons (Fsp3) is 0.688. The lowest BCUT2D eigenvalue weighted by Crippen LogP contribution is -2.44. The van der Waals surface area contributed by atoms with E-state index in [2.05, 4.69) is 48.4 Å². The van der Waals surface area contributed by atoms with Gasteiger partial charge in [-0.3, -0.25) is 4.98 Å². The predicted molar refractivity (Wildman–Crippen MR) is 80.6 cm³/mol. The van der Waals surface area contributed by atoms with Crippen molar-refractivity contribution in [3.05, 3.63) is 29.6 Å². The van der Waals surface area contributed by atoms with E-state index in [9.17, 15) is 0 Å². The molecule has 3 heteroatoms. The van der Waals surface area contributed by atoms with Gasteiger partial charge in [-0.25, -0.2) is 0 Å². The van der Waals surface area contributed by atoms with E-state index in [1.165, 1.54) is 36.9 Å². The van der Waals surface area contributed by atoms with Crippen LogP contribution in [0.1, 0.15) is 43.4 Å². The van der Waals surface area contributed by atoms with Gasteiger partial charge in [0.2, 0.25) is 0 Å². The molecule has 0 bridgehead atoms. The monoisotopic (exact) mass is 261 g/mol. The first-order chi connectivity index (χ1) is 9.22. The molecule has 0 aromatic carbocycles. The molecule has 1 heterocycles. The Balaban J connectivity index is 2.17. The van der Waals surface area contributed by atoms with E-state index in [0.717, 1.165) is 13.1 Å². The molecule has 3 nitrogen and oxygen atoms in total. The van der Waals surface area contributed by atoms with Crippen LogP contribution in [-0.2, 0) is 6.42 Å². The lowest BCUT2D eigenvalue weighted by Gasteiger charge is -2.33. The standard InChI is InChI=1S/C16H27N3/c1-4-10-17-15(12-19(2)3)14-9-5-7-13-8-6-11-18-16(13)14/h6,8,11,14-15,17H,4-5,7,9-10,12H2,1-3H3.